The van der Waals surface area contributed by atoms with Crippen LogP contribution in [0.5, 0.6) is 0 Å². The van der Waals surface area contributed by atoms with Crippen molar-refractivity contribution in [1.82, 2.24) is 0 Å². The molecule has 0 radical (unpaired) electrons. The van der Waals surface area contributed by atoms with Gasteiger partial charge in [-0.3, -0.25) is 0 Å². The fourth-order valence-corrected chi connectivity index (χ4v) is 8.10. The fraction of sp³-hybridized carbons (Fsp3) is 0.222. The smallest absolute Gasteiger partial charge is 0.198 e. The van der Waals surface area contributed by atoms with Crippen LogP contribution in [-0.4, -0.2) is 0 Å². The van der Waals surface area contributed by atoms with E-state index in [-0.39, 0.29) is 11.0 Å². The summed E-state index contributed by atoms with van der Waals surface area (Å²) in [6.45, 7) is 6.05. The lowest BCUT2D eigenvalue weighted by Crippen LogP contribution is -2.53. The van der Waals surface area contributed by atoms with Gasteiger partial charge in [-0.05, 0) is 65.9 Å². The Morgan fingerprint density at radius 1 is 0.684 bits per heavy atom. The van der Waals surface area contributed by atoms with Crippen LogP contribution in [0.3, 0.4) is 0 Å². The van der Waals surface area contributed by atoms with Gasteiger partial charge in [0, 0.05) is 48.6 Å². The second-order valence-electron chi connectivity index (χ2n) is 11.7. The molecule has 1 fully saturated rings. The third-order valence-corrected chi connectivity index (χ3v) is 10.2. The molecule has 0 amide bonds. The second kappa shape index (κ2) is 7.74. The van der Waals surface area contributed by atoms with Gasteiger partial charge in [-0.2, -0.15) is 9.13 Å². The van der Waals surface area contributed by atoms with Crippen molar-refractivity contribution in [3.8, 4) is 33.6 Å². The number of hydrogen-bond donors (Lipinski definition) is 0. The summed E-state index contributed by atoms with van der Waals surface area (Å²) in [6.07, 6.45) is 5.74. The summed E-state index contributed by atoms with van der Waals surface area (Å²) < 4.78 is 5.06. The summed E-state index contributed by atoms with van der Waals surface area (Å²) in [6, 6.07) is 40.4. The Balaban J connectivity index is 1.26. The lowest BCUT2D eigenvalue weighted by Gasteiger charge is -2.24. The maximum atomic E-state index is 2.59. The van der Waals surface area contributed by atoms with Crippen molar-refractivity contribution >= 4 is 0 Å². The average Bonchev–Trinajstić information content (AvgIpc) is 3.48. The van der Waals surface area contributed by atoms with Crippen LogP contribution in [0.15, 0.2) is 122 Å². The minimum absolute atomic E-state index is 0.0663. The Kier molecular flexibility index (Phi) is 4.48. The van der Waals surface area contributed by atoms with E-state index >= 15 is 0 Å². The van der Waals surface area contributed by atoms with E-state index in [9.17, 15) is 0 Å². The molecule has 4 unspecified atom stereocenters. The molecule has 2 nitrogen and oxygen atoms in total. The van der Waals surface area contributed by atoms with Gasteiger partial charge in [-0.15, -0.1) is 0 Å². The molecule has 1 saturated carbocycles. The number of benzene rings is 3. The molecular weight excluding hydrogens is 460 g/mol. The standard InChI is InChI=1S/C36H32N2/c1-35-31-15-7-6-14-29(31)33-17-9-11-21-38(33)36(35,2)34(35)23-27-24-37-20-10-8-16-32(37)28-19-18-26(22-30(27)28)25-12-4-3-5-13-25/h3-22,27,34H,23-24H2,1-2H3/q+2. The molecule has 0 spiro atoms. The van der Waals surface area contributed by atoms with Crippen LogP contribution < -0.4 is 9.13 Å². The zero-order chi connectivity index (χ0) is 25.5. The molecular formula is C36H32N2+2. The third-order valence-electron chi connectivity index (χ3n) is 10.2. The summed E-state index contributed by atoms with van der Waals surface area (Å²) in [7, 11) is 0. The number of nitrogens with zero attached hydrogens (tertiary/aromatic N) is 2. The molecule has 3 aromatic carbocycles. The van der Waals surface area contributed by atoms with Crippen LogP contribution in [0.25, 0.3) is 33.6 Å². The van der Waals surface area contributed by atoms with Gasteiger partial charge in [0.1, 0.15) is 0 Å². The van der Waals surface area contributed by atoms with Gasteiger partial charge in [-0.25, -0.2) is 0 Å². The summed E-state index contributed by atoms with van der Waals surface area (Å²) in [5.74, 6) is 1.01. The van der Waals surface area contributed by atoms with E-state index < -0.39 is 0 Å². The molecule has 2 aliphatic heterocycles. The van der Waals surface area contributed by atoms with Gasteiger partial charge in [0.15, 0.2) is 24.5 Å². The predicted molar refractivity (Wildman–Crippen MR) is 151 cm³/mol. The lowest BCUT2D eigenvalue weighted by atomic mass is 9.81. The van der Waals surface area contributed by atoms with E-state index in [1.807, 2.05) is 0 Å². The van der Waals surface area contributed by atoms with E-state index in [0.717, 1.165) is 13.0 Å². The zero-order valence-corrected chi connectivity index (χ0v) is 22.0. The molecule has 2 aromatic heterocycles. The highest BCUT2D eigenvalue weighted by atomic mass is 15.2. The third kappa shape index (κ3) is 2.78. The molecule has 2 heteroatoms. The van der Waals surface area contributed by atoms with Crippen molar-refractivity contribution in [3.05, 3.63) is 133 Å². The SMILES string of the molecule is CC12c3ccccc3-c3cccc[n+]3C1(C)C2CC1C[n+]2ccccc2-c2ccc(-c3ccccc3)cc21. The van der Waals surface area contributed by atoms with Crippen LogP contribution in [-0.2, 0) is 17.5 Å². The van der Waals surface area contributed by atoms with Gasteiger partial charge in [0.25, 0.3) is 0 Å². The summed E-state index contributed by atoms with van der Waals surface area (Å²) in [5.41, 5.74) is 11.3. The minimum atomic E-state index is 0.0663. The quantitative estimate of drug-likeness (QED) is 0.238. The van der Waals surface area contributed by atoms with Crippen molar-refractivity contribution < 1.29 is 9.13 Å². The molecule has 184 valence electrons. The van der Waals surface area contributed by atoms with E-state index in [0.29, 0.717) is 11.8 Å². The van der Waals surface area contributed by atoms with Crippen LogP contribution in [0.1, 0.15) is 37.3 Å². The van der Waals surface area contributed by atoms with E-state index in [1.165, 1.54) is 44.8 Å². The van der Waals surface area contributed by atoms with E-state index in [4.69, 9.17) is 0 Å². The van der Waals surface area contributed by atoms with Crippen LogP contribution in [0, 0.1) is 5.92 Å². The van der Waals surface area contributed by atoms with Crippen molar-refractivity contribution in [2.24, 2.45) is 5.92 Å². The molecule has 8 rings (SSSR count). The van der Waals surface area contributed by atoms with Gasteiger partial charge in [0.05, 0.1) is 11.0 Å². The monoisotopic (exact) mass is 492 g/mol. The van der Waals surface area contributed by atoms with Gasteiger partial charge < -0.3 is 0 Å². The van der Waals surface area contributed by atoms with Crippen molar-refractivity contribution in [2.45, 2.75) is 43.7 Å². The molecule has 5 aromatic rings. The Labute approximate surface area is 224 Å². The molecule has 38 heavy (non-hydrogen) atoms. The Morgan fingerprint density at radius 2 is 1.42 bits per heavy atom. The molecule has 1 aliphatic carbocycles. The first-order valence-corrected chi connectivity index (χ1v) is 13.9. The van der Waals surface area contributed by atoms with E-state index in [1.54, 1.807) is 0 Å². The average molecular weight is 493 g/mol. The first kappa shape index (κ1) is 22.0. The Morgan fingerprint density at radius 3 is 2.29 bits per heavy atom. The summed E-state index contributed by atoms with van der Waals surface area (Å²) >= 11 is 0. The fourth-order valence-electron chi connectivity index (χ4n) is 8.10. The first-order chi connectivity index (χ1) is 18.6. The number of hydrogen-bond acceptors (Lipinski definition) is 0. The molecule has 4 atom stereocenters. The molecule has 0 N–H and O–H groups in total. The normalized spacial score (nSPS) is 25.8. The number of aromatic nitrogens is 2. The maximum Gasteiger partial charge on any atom is 0.213 e. The topological polar surface area (TPSA) is 7.76 Å². The highest BCUT2D eigenvalue weighted by molar-refractivity contribution is 5.73. The number of pyridine rings is 2. The second-order valence-corrected chi connectivity index (χ2v) is 11.7. The summed E-state index contributed by atoms with van der Waals surface area (Å²) in [5, 5.41) is 0. The van der Waals surface area contributed by atoms with Gasteiger partial charge >= 0.3 is 0 Å². The number of rotatable bonds is 3. The van der Waals surface area contributed by atoms with Crippen molar-refractivity contribution in [1.29, 1.82) is 0 Å². The van der Waals surface area contributed by atoms with Gasteiger partial charge in [-0.1, -0.05) is 54.6 Å². The predicted octanol–water partition coefficient (Wildman–Crippen LogP) is 7.07. The Bertz CT molecular complexity index is 1660. The van der Waals surface area contributed by atoms with Crippen LogP contribution >= 0.6 is 0 Å². The maximum absolute atomic E-state index is 2.59. The first-order valence-electron chi connectivity index (χ1n) is 13.9. The van der Waals surface area contributed by atoms with Crippen molar-refractivity contribution in [2.75, 3.05) is 0 Å². The molecule has 3 aliphatic rings. The van der Waals surface area contributed by atoms with Crippen LogP contribution in [0.2, 0.25) is 0 Å². The van der Waals surface area contributed by atoms with E-state index in [2.05, 4.69) is 145 Å². The lowest BCUT2D eigenvalue weighted by molar-refractivity contribution is -0.734. The highest BCUT2D eigenvalue weighted by Crippen LogP contribution is 2.70. The van der Waals surface area contributed by atoms with Gasteiger partial charge in [0.2, 0.25) is 11.4 Å². The molecule has 4 heterocycles. The molecule has 0 saturated heterocycles. The number of fused-ring (bicyclic) bond motifs is 9. The minimum Gasteiger partial charge on any atom is -0.198 e. The van der Waals surface area contributed by atoms with Crippen LogP contribution in [0.4, 0.5) is 0 Å². The Hall–Kier alpha value is -4.04. The zero-order valence-electron chi connectivity index (χ0n) is 22.0. The van der Waals surface area contributed by atoms with Crippen molar-refractivity contribution in [3.63, 3.8) is 0 Å². The highest BCUT2D eigenvalue weighted by Gasteiger charge is 2.81. The molecule has 0 bridgehead atoms. The summed E-state index contributed by atoms with van der Waals surface area (Å²) in [4.78, 5) is 0. The largest absolute Gasteiger partial charge is 0.213 e.